The minimum atomic E-state index is 0.718. The molecule has 1 aliphatic rings. The second-order valence-corrected chi connectivity index (χ2v) is 8.81. The van der Waals surface area contributed by atoms with Gasteiger partial charge >= 0.3 is 0 Å². The Kier molecular flexibility index (Phi) is 6.93. The summed E-state index contributed by atoms with van der Waals surface area (Å²) in [7, 11) is 2.18. The Morgan fingerprint density at radius 1 is 0.853 bits per heavy atom. The first-order valence-electron chi connectivity index (χ1n) is 11.8. The normalized spacial score (nSPS) is 14.4. The van der Waals surface area contributed by atoms with E-state index in [1.165, 1.54) is 11.1 Å². The van der Waals surface area contributed by atoms with Crippen molar-refractivity contribution in [2.75, 3.05) is 38.1 Å². The quantitative estimate of drug-likeness (QED) is 0.441. The molecule has 0 unspecified atom stereocenters. The summed E-state index contributed by atoms with van der Waals surface area (Å²) < 4.78 is 2.02. The first-order valence-corrected chi connectivity index (χ1v) is 11.8. The van der Waals surface area contributed by atoms with E-state index in [1.807, 2.05) is 35.3 Å². The van der Waals surface area contributed by atoms with Crippen LogP contribution >= 0.6 is 0 Å². The molecule has 0 amide bonds. The van der Waals surface area contributed by atoms with Crippen molar-refractivity contribution in [2.24, 2.45) is 0 Å². The van der Waals surface area contributed by atoms with Crippen molar-refractivity contribution in [1.29, 1.82) is 0 Å². The lowest BCUT2D eigenvalue weighted by molar-refractivity contribution is 0.311. The molecular formula is C27H31N7. The lowest BCUT2D eigenvalue weighted by Gasteiger charge is -2.34. The topological polar surface area (TPSA) is 62.1 Å². The van der Waals surface area contributed by atoms with Crippen molar-refractivity contribution < 1.29 is 0 Å². The third-order valence-electron chi connectivity index (χ3n) is 6.26. The number of anilines is 1. The van der Waals surface area contributed by atoms with Crippen molar-refractivity contribution in [1.82, 2.24) is 30.0 Å². The van der Waals surface area contributed by atoms with Crippen LogP contribution in [0.4, 0.5) is 5.82 Å². The third-order valence-corrected chi connectivity index (χ3v) is 6.26. The van der Waals surface area contributed by atoms with Gasteiger partial charge in [0.25, 0.3) is 0 Å². The number of benzene rings is 1. The van der Waals surface area contributed by atoms with E-state index >= 15 is 0 Å². The summed E-state index contributed by atoms with van der Waals surface area (Å²) in [5, 5.41) is 8.55. The van der Waals surface area contributed by atoms with E-state index < -0.39 is 0 Å². The molecule has 1 saturated heterocycles. The summed E-state index contributed by atoms with van der Waals surface area (Å²) in [4.78, 5) is 13.8. The van der Waals surface area contributed by atoms with Crippen molar-refractivity contribution in [3.8, 4) is 11.3 Å². The molecule has 0 radical (unpaired) electrons. The van der Waals surface area contributed by atoms with Gasteiger partial charge in [0.05, 0.1) is 12.2 Å². The molecule has 34 heavy (non-hydrogen) atoms. The Morgan fingerprint density at radius 3 is 2.44 bits per heavy atom. The lowest BCUT2D eigenvalue weighted by Crippen LogP contribution is -2.45. The SMILES string of the molecule is CN1CCN(c2ncccc2CNCc2cn(Cc3ccccc3)nc2-c2cccnc2)CC1. The highest BCUT2D eigenvalue weighted by molar-refractivity contribution is 5.61. The van der Waals surface area contributed by atoms with E-state index in [2.05, 4.69) is 69.7 Å². The molecule has 0 saturated carbocycles. The van der Waals surface area contributed by atoms with Gasteiger partial charge in [-0.1, -0.05) is 36.4 Å². The predicted octanol–water partition coefficient (Wildman–Crippen LogP) is 3.43. The third kappa shape index (κ3) is 5.32. The molecule has 1 N–H and O–H groups in total. The second kappa shape index (κ2) is 10.6. The standard InChI is InChI=1S/C27H31N7/c1-32-13-15-33(16-14-32)27-24(10-6-12-30-27)18-29-19-25-21-34(20-22-7-3-2-4-8-22)31-26(25)23-9-5-11-28-17-23/h2-12,17,21,29H,13-16,18-20H2,1H3. The Balaban J connectivity index is 1.32. The van der Waals surface area contributed by atoms with Crippen LogP contribution in [0.15, 0.2) is 79.4 Å². The maximum atomic E-state index is 4.91. The number of aromatic nitrogens is 4. The number of nitrogens with zero attached hydrogens (tertiary/aromatic N) is 6. The van der Waals surface area contributed by atoms with Gasteiger partial charge in [-0.25, -0.2) is 4.98 Å². The first kappa shape index (κ1) is 22.3. The van der Waals surface area contributed by atoms with Crippen LogP contribution in [0.25, 0.3) is 11.3 Å². The summed E-state index contributed by atoms with van der Waals surface area (Å²) in [6, 6.07) is 18.7. The molecule has 0 bridgehead atoms. The summed E-state index contributed by atoms with van der Waals surface area (Å²) in [6.45, 7) is 6.37. The number of rotatable bonds is 8. The van der Waals surface area contributed by atoms with Crippen molar-refractivity contribution in [3.05, 3.63) is 96.1 Å². The van der Waals surface area contributed by atoms with Crippen molar-refractivity contribution >= 4 is 5.82 Å². The summed E-state index contributed by atoms with van der Waals surface area (Å²) in [5.41, 5.74) is 5.63. The highest BCUT2D eigenvalue weighted by atomic mass is 15.3. The number of piperazine rings is 1. The van der Waals surface area contributed by atoms with Gasteiger partial charge in [-0.2, -0.15) is 5.10 Å². The van der Waals surface area contributed by atoms with Gasteiger partial charge in [-0.3, -0.25) is 9.67 Å². The van der Waals surface area contributed by atoms with E-state index in [0.717, 1.165) is 68.5 Å². The average Bonchev–Trinajstić information content (AvgIpc) is 3.28. The van der Waals surface area contributed by atoms with Crippen LogP contribution in [-0.4, -0.2) is 57.9 Å². The van der Waals surface area contributed by atoms with Gasteiger partial charge in [0.15, 0.2) is 0 Å². The smallest absolute Gasteiger partial charge is 0.133 e. The monoisotopic (exact) mass is 453 g/mol. The van der Waals surface area contributed by atoms with Crippen LogP contribution in [0, 0.1) is 0 Å². The zero-order valence-electron chi connectivity index (χ0n) is 19.6. The van der Waals surface area contributed by atoms with Crippen LogP contribution in [0.1, 0.15) is 16.7 Å². The fourth-order valence-corrected chi connectivity index (χ4v) is 4.39. The predicted molar refractivity (Wildman–Crippen MR) is 135 cm³/mol. The zero-order chi connectivity index (χ0) is 23.2. The van der Waals surface area contributed by atoms with Crippen LogP contribution < -0.4 is 10.2 Å². The molecule has 3 aromatic heterocycles. The van der Waals surface area contributed by atoms with E-state index in [4.69, 9.17) is 10.1 Å². The molecule has 1 fully saturated rings. The van der Waals surface area contributed by atoms with Gasteiger partial charge in [0, 0.05) is 80.7 Å². The largest absolute Gasteiger partial charge is 0.354 e. The minimum absolute atomic E-state index is 0.718. The van der Waals surface area contributed by atoms with Crippen molar-refractivity contribution in [2.45, 2.75) is 19.6 Å². The fourth-order valence-electron chi connectivity index (χ4n) is 4.39. The van der Waals surface area contributed by atoms with E-state index in [1.54, 1.807) is 6.20 Å². The maximum Gasteiger partial charge on any atom is 0.133 e. The van der Waals surface area contributed by atoms with Crippen LogP contribution in [0.5, 0.6) is 0 Å². The highest BCUT2D eigenvalue weighted by Gasteiger charge is 2.18. The molecule has 4 aromatic rings. The Bertz CT molecular complexity index is 1180. The molecule has 7 nitrogen and oxygen atoms in total. The molecule has 7 heteroatoms. The van der Waals surface area contributed by atoms with Gasteiger partial charge < -0.3 is 15.1 Å². The molecule has 1 aliphatic heterocycles. The number of hydrogen-bond donors (Lipinski definition) is 1. The van der Waals surface area contributed by atoms with E-state index in [9.17, 15) is 0 Å². The highest BCUT2D eigenvalue weighted by Crippen LogP contribution is 2.23. The number of hydrogen-bond acceptors (Lipinski definition) is 6. The van der Waals surface area contributed by atoms with Crippen LogP contribution in [0.3, 0.4) is 0 Å². The fraction of sp³-hybridized carbons (Fsp3) is 0.296. The molecular weight excluding hydrogens is 422 g/mol. The zero-order valence-corrected chi connectivity index (χ0v) is 19.6. The maximum absolute atomic E-state index is 4.91. The Morgan fingerprint density at radius 2 is 1.65 bits per heavy atom. The molecule has 1 aromatic carbocycles. The number of nitrogens with one attached hydrogen (secondary N) is 1. The summed E-state index contributed by atoms with van der Waals surface area (Å²) in [6.07, 6.45) is 7.72. The first-order chi connectivity index (χ1) is 16.8. The van der Waals surface area contributed by atoms with Gasteiger partial charge in [0.1, 0.15) is 5.82 Å². The summed E-state index contributed by atoms with van der Waals surface area (Å²) in [5.74, 6) is 1.09. The van der Waals surface area contributed by atoms with Gasteiger partial charge in [-0.05, 0) is 30.8 Å². The van der Waals surface area contributed by atoms with Gasteiger partial charge in [-0.15, -0.1) is 0 Å². The average molecular weight is 454 g/mol. The van der Waals surface area contributed by atoms with Gasteiger partial charge in [0.2, 0.25) is 0 Å². The van der Waals surface area contributed by atoms with Crippen molar-refractivity contribution in [3.63, 3.8) is 0 Å². The van der Waals surface area contributed by atoms with E-state index in [0.29, 0.717) is 0 Å². The Hall–Kier alpha value is -3.55. The lowest BCUT2D eigenvalue weighted by atomic mass is 10.1. The molecule has 0 aliphatic carbocycles. The molecule has 5 rings (SSSR count). The van der Waals surface area contributed by atoms with E-state index in [-0.39, 0.29) is 0 Å². The molecule has 4 heterocycles. The molecule has 0 atom stereocenters. The molecule has 174 valence electrons. The second-order valence-electron chi connectivity index (χ2n) is 8.81. The number of likely N-dealkylation sites (N-methyl/N-ethyl adjacent to an activating group) is 1. The summed E-state index contributed by atoms with van der Waals surface area (Å²) >= 11 is 0. The van der Waals surface area contributed by atoms with Crippen LogP contribution in [-0.2, 0) is 19.6 Å². The number of pyridine rings is 2. The Labute approximate surface area is 201 Å². The van der Waals surface area contributed by atoms with Crippen LogP contribution in [0.2, 0.25) is 0 Å². The molecule has 0 spiro atoms. The minimum Gasteiger partial charge on any atom is -0.354 e.